The van der Waals surface area contributed by atoms with Gasteiger partial charge in [0.25, 0.3) is 11.6 Å². The van der Waals surface area contributed by atoms with Gasteiger partial charge in [0.2, 0.25) is 0 Å². The van der Waals surface area contributed by atoms with Crippen molar-refractivity contribution in [1.82, 2.24) is 4.90 Å². The van der Waals surface area contributed by atoms with Crippen molar-refractivity contribution in [3.8, 4) is 16.9 Å². The van der Waals surface area contributed by atoms with Gasteiger partial charge in [-0.3, -0.25) is 14.9 Å². The molecule has 0 radical (unpaired) electrons. The van der Waals surface area contributed by atoms with Gasteiger partial charge in [0.1, 0.15) is 11.8 Å². The molecular formula is C21H22N2O6. The Hall–Kier alpha value is -3.42. The number of carbonyl (C=O) groups is 2. The second kappa shape index (κ2) is 7.90. The third-order valence-electron chi connectivity index (χ3n) is 5.06. The molecule has 2 aromatic rings. The number of nitrogens with zero attached hydrogens (tertiary/aromatic N) is 2. The van der Waals surface area contributed by atoms with Crippen LogP contribution in [0.4, 0.5) is 5.69 Å². The number of rotatable bonds is 6. The van der Waals surface area contributed by atoms with Gasteiger partial charge < -0.3 is 14.4 Å². The van der Waals surface area contributed by atoms with Crippen molar-refractivity contribution >= 4 is 17.6 Å². The standard InChI is InChI=1S/C21H22N2O6/c1-12(2)19(21(25)29-4)22-11-14-6-5-13(9-17(14)20(22)24)16-8-7-15(23(26)27)10-18(16)28-3/h5-10,12,19H,11H2,1-4H3/t19-/m0/s1. The molecule has 0 aromatic heterocycles. The summed E-state index contributed by atoms with van der Waals surface area (Å²) >= 11 is 0. The molecule has 8 heteroatoms. The van der Waals surface area contributed by atoms with Crippen LogP contribution in [-0.4, -0.2) is 42.0 Å². The van der Waals surface area contributed by atoms with Crippen molar-refractivity contribution < 1.29 is 24.0 Å². The lowest BCUT2D eigenvalue weighted by Gasteiger charge is -2.28. The van der Waals surface area contributed by atoms with Crippen LogP contribution in [0, 0.1) is 16.0 Å². The molecule has 1 aliphatic heterocycles. The zero-order chi connectivity index (χ0) is 21.3. The van der Waals surface area contributed by atoms with Crippen molar-refractivity contribution in [2.24, 2.45) is 5.92 Å². The first kappa shape index (κ1) is 20.3. The van der Waals surface area contributed by atoms with Crippen LogP contribution in [0.2, 0.25) is 0 Å². The van der Waals surface area contributed by atoms with Crippen LogP contribution in [0.3, 0.4) is 0 Å². The molecule has 1 atom stereocenters. The number of nitro groups is 1. The molecule has 0 aliphatic carbocycles. The molecular weight excluding hydrogens is 376 g/mol. The van der Waals surface area contributed by atoms with Crippen LogP contribution < -0.4 is 4.74 Å². The predicted molar refractivity (Wildman–Crippen MR) is 106 cm³/mol. The number of non-ortho nitro benzene ring substituents is 1. The van der Waals surface area contributed by atoms with Crippen molar-refractivity contribution in [2.75, 3.05) is 14.2 Å². The SMILES string of the molecule is COC(=O)[C@H](C(C)C)N1Cc2ccc(-c3ccc([N+](=O)[O-])cc3OC)cc2C1=O. The lowest BCUT2D eigenvalue weighted by atomic mass is 9.99. The summed E-state index contributed by atoms with van der Waals surface area (Å²) in [5, 5.41) is 11.0. The third kappa shape index (κ3) is 3.65. The lowest BCUT2D eigenvalue weighted by molar-refractivity contribution is -0.384. The zero-order valence-electron chi connectivity index (χ0n) is 16.7. The fourth-order valence-electron chi connectivity index (χ4n) is 3.63. The Balaban J connectivity index is 1.99. The van der Waals surface area contributed by atoms with E-state index < -0.39 is 16.9 Å². The first-order chi connectivity index (χ1) is 13.8. The Kier molecular flexibility index (Phi) is 5.54. The molecule has 1 amide bonds. The fraction of sp³-hybridized carbons (Fsp3) is 0.333. The maximum atomic E-state index is 13.0. The molecule has 0 fully saturated rings. The number of hydrogen-bond acceptors (Lipinski definition) is 6. The number of nitro benzene ring substituents is 1. The van der Waals surface area contributed by atoms with E-state index in [4.69, 9.17) is 9.47 Å². The number of esters is 1. The first-order valence-electron chi connectivity index (χ1n) is 9.13. The Morgan fingerprint density at radius 1 is 1.14 bits per heavy atom. The maximum Gasteiger partial charge on any atom is 0.328 e. The minimum atomic E-state index is -0.669. The van der Waals surface area contributed by atoms with Gasteiger partial charge >= 0.3 is 5.97 Å². The zero-order valence-corrected chi connectivity index (χ0v) is 16.7. The summed E-state index contributed by atoms with van der Waals surface area (Å²) < 4.78 is 10.2. The van der Waals surface area contributed by atoms with Crippen molar-refractivity contribution in [2.45, 2.75) is 26.4 Å². The van der Waals surface area contributed by atoms with Gasteiger partial charge in [-0.25, -0.2) is 4.79 Å². The molecule has 8 nitrogen and oxygen atoms in total. The van der Waals surface area contributed by atoms with E-state index in [0.717, 1.165) is 5.56 Å². The van der Waals surface area contributed by atoms with Crippen molar-refractivity contribution in [3.05, 3.63) is 57.6 Å². The summed E-state index contributed by atoms with van der Waals surface area (Å²) in [7, 11) is 2.75. The average molecular weight is 398 g/mol. The molecule has 0 N–H and O–H groups in total. The van der Waals surface area contributed by atoms with Crippen LogP contribution in [0.15, 0.2) is 36.4 Å². The Morgan fingerprint density at radius 2 is 1.86 bits per heavy atom. The summed E-state index contributed by atoms with van der Waals surface area (Å²) in [6.07, 6.45) is 0. The van der Waals surface area contributed by atoms with E-state index in [1.54, 1.807) is 12.1 Å². The van der Waals surface area contributed by atoms with E-state index in [1.807, 2.05) is 26.0 Å². The van der Waals surface area contributed by atoms with E-state index in [9.17, 15) is 19.7 Å². The Bertz CT molecular complexity index is 985. The highest BCUT2D eigenvalue weighted by atomic mass is 16.6. The molecule has 3 rings (SSSR count). The third-order valence-corrected chi connectivity index (χ3v) is 5.06. The number of benzene rings is 2. The number of methoxy groups -OCH3 is 2. The Labute approximate surface area is 168 Å². The summed E-state index contributed by atoms with van der Waals surface area (Å²) in [6.45, 7) is 4.06. The number of carbonyl (C=O) groups excluding carboxylic acids is 2. The lowest BCUT2D eigenvalue weighted by Crippen LogP contribution is -2.45. The molecule has 0 bridgehead atoms. The Morgan fingerprint density at radius 3 is 2.45 bits per heavy atom. The second-order valence-electron chi connectivity index (χ2n) is 7.16. The molecule has 0 spiro atoms. The molecule has 0 saturated heterocycles. The van der Waals surface area contributed by atoms with Crippen LogP contribution in [-0.2, 0) is 16.1 Å². The number of hydrogen-bond donors (Lipinski definition) is 0. The highest BCUT2D eigenvalue weighted by Gasteiger charge is 2.38. The highest BCUT2D eigenvalue weighted by Crippen LogP contribution is 2.36. The monoisotopic (exact) mass is 398 g/mol. The van der Waals surface area contributed by atoms with Crippen LogP contribution in [0.1, 0.15) is 29.8 Å². The van der Waals surface area contributed by atoms with Crippen molar-refractivity contribution in [3.63, 3.8) is 0 Å². The van der Waals surface area contributed by atoms with Gasteiger partial charge in [0.15, 0.2) is 0 Å². The van der Waals surface area contributed by atoms with E-state index in [2.05, 4.69) is 0 Å². The van der Waals surface area contributed by atoms with Crippen molar-refractivity contribution in [1.29, 1.82) is 0 Å². The average Bonchev–Trinajstić information content (AvgIpc) is 3.02. The molecule has 152 valence electrons. The molecule has 2 aromatic carbocycles. The van der Waals surface area contributed by atoms with E-state index in [0.29, 0.717) is 29.0 Å². The van der Waals surface area contributed by atoms with E-state index in [-0.39, 0.29) is 17.5 Å². The number of fused-ring (bicyclic) bond motifs is 1. The van der Waals surface area contributed by atoms with Crippen LogP contribution >= 0.6 is 0 Å². The highest BCUT2D eigenvalue weighted by molar-refractivity contribution is 6.01. The minimum Gasteiger partial charge on any atom is -0.496 e. The van der Waals surface area contributed by atoms with Gasteiger partial charge in [-0.2, -0.15) is 0 Å². The molecule has 1 heterocycles. The van der Waals surface area contributed by atoms with Gasteiger partial charge in [0.05, 0.1) is 25.2 Å². The quantitative estimate of drug-likeness (QED) is 0.420. The van der Waals surface area contributed by atoms with E-state index in [1.165, 1.54) is 31.3 Å². The summed E-state index contributed by atoms with van der Waals surface area (Å²) in [5.41, 5.74) is 2.57. The number of amides is 1. The molecule has 29 heavy (non-hydrogen) atoms. The molecule has 1 aliphatic rings. The molecule has 0 unspecified atom stereocenters. The number of ether oxygens (including phenoxy) is 2. The fourth-order valence-corrected chi connectivity index (χ4v) is 3.63. The van der Waals surface area contributed by atoms with Crippen LogP contribution in [0.25, 0.3) is 11.1 Å². The molecule has 0 saturated carbocycles. The van der Waals surface area contributed by atoms with Gasteiger partial charge in [-0.05, 0) is 29.2 Å². The summed E-state index contributed by atoms with van der Waals surface area (Å²) in [4.78, 5) is 37.3. The van der Waals surface area contributed by atoms with Gasteiger partial charge in [0, 0.05) is 23.7 Å². The smallest absolute Gasteiger partial charge is 0.328 e. The first-order valence-corrected chi connectivity index (χ1v) is 9.13. The van der Waals surface area contributed by atoms with Crippen LogP contribution in [0.5, 0.6) is 5.75 Å². The van der Waals surface area contributed by atoms with E-state index >= 15 is 0 Å². The van der Waals surface area contributed by atoms with Gasteiger partial charge in [-0.15, -0.1) is 0 Å². The normalized spacial score (nSPS) is 14.0. The minimum absolute atomic E-state index is 0.0770. The van der Waals surface area contributed by atoms with Gasteiger partial charge in [-0.1, -0.05) is 26.0 Å². The topological polar surface area (TPSA) is 99.0 Å². The maximum absolute atomic E-state index is 13.0. The second-order valence-corrected chi connectivity index (χ2v) is 7.16. The summed E-state index contributed by atoms with van der Waals surface area (Å²) in [5.74, 6) is -0.448. The largest absolute Gasteiger partial charge is 0.496 e. The predicted octanol–water partition coefficient (Wildman–Crippen LogP) is 3.42. The summed E-state index contributed by atoms with van der Waals surface area (Å²) in [6, 6.07) is 9.07.